The van der Waals surface area contributed by atoms with Gasteiger partial charge in [-0.2, -0.15) is 5.48 Å². The maximum Gasteiger partial charge on any atom is 0.275 e. The van der Waals surface area contributed by atoms with Crippen molar-refractivity contribution in [3.05, 3.63) is 38.9 Å². The molecule has 5 nitrogen and oxygen atoms in total. The maximum absolute atomic E-state index is 10.8. The van der Waals surface area contributed by atoms with Crippen LogP contribution >= 0.6 is 11.6 Å². The number of nitro benzene ring substituents is 1. The fourth-order valence-electron chi connectivity index (χ4n) is 1.22. The van der Waals surface area contributed by atoms with E-state index >= 15 is 0 Å². The highest BCUT2D eigenvalue weighted by Gasteiger charge is 2.17. The maximum atomic E-state index is 10.8. The molecule has 0 spiro atoms. The SMILES string of the molecule is CC(C)(C)ONCc1c(Cl)cccc1[N+](=O)[O-]. The van der Waals surface area contributed by atoms with Crippen LogP contribution in [0.1, 0.15) is 26.3 Å². The largest absolute Gasteiger partial charge is 0.296 e. The zero-order valence-electron chi connectivity index (χ0n) is 9.99. The Morgan fingerprint density at radius 2 is 2.12 bits per heavy atom. The number of nitro groups is 1. The number of hydrogen-bond donors (Lipinski definition) is 1. The number of benzene rings is 1. The first-order chi connectivity index (χ1) is 7.81. The van der Waals surface area contributed by atoms with E-state index in [1.165, 1.54) is 6.07 Å². The first-order valence-corrected chi connectivity index (χ1v) is 5.52. The van der Waals surface area contributed by atoms with Crippen molar-refractivity contribution in [2.45, 2.75) is 32.9 Å². The summed E-state index contributed by atoms with van der Waals surface area (Å²) in [7, 11) is 0. The quantitative estimate of drug-likeness (QED) is 0.666. The number of rotatable bonds is 4. The third kappa shape index (κ3) is 4.30. The first-order valence-electron chi connectivity index (χ1n) is 5.14. The van der Waals surface area contributed by atoms with Crippen molar-refractivity contribution in [1.82, 2.24) is 5.48 Å². The average molecular weight is 259 g/mol. The van der Waals surface area contributed by atoms with Gasteiger partial charge in [0.15, 0.2) is 0 Å². The molecule has 0 heterocycles. The van der Waals surface area contributed by atoms with E-state index in [2.05, 4.69) is 5.48 Å². The van der Waals surface area contributed by atoms with E-state index < -0.39 is 4.92 Å². The topological polar surface area (TPSA) is 64.4 Å². The van der Waals surface area contributed by atoms with E-state index in [0.717, 1.165) is 0 Å². The molecule has 0 fully saturated rings. The summed E-state index contributed by atoms with van der Waals surface area (Å²) in [6, 6.07) is 4.58. The summed E-state index contributed by atoms with van der Waals surface area (Å²) in [6.45, 7) is 5.82. The molecule has 0 radical (unpaired) electrons. The van der Waals surface area contributed by atoms with Crippen LogP contribution in [0.3, 0.4) is 0 Å². The lowest BCUT2D eigenvalue weighted by Gasteiger charge is -2.19. The molecule has 17 heavy (non-hydrogen) atoms. The van der Waals surface area contributed by atoms with Gasteiger partial charge in [-0.3, -0.25) is 15.0 Å². The van der Waals surface area contributed by atoms with E-state index in [1.807, 2.05) is 20.8 Å². The standard InChI is InChI=1S/C11H15ClN2O3/c1-11(2,3)17-13-7-8-9(12)5-4-6-10(8)14(15)16/h4-6,13H,7H2,1-3H3. The van der Waals surface area contributed by atoms with Crippen LogP contribution in [0.15, 0.2) is 18.2 Å². The van der Waals surface area contributed by atoms with Gasteiger partial charge in [-0.05, 0) is 26.8 Å². The summed E-state index contributed by atoms with van der Waals surface area (Å²) in [6.07, 6.45) is 0. The molecule has 0 amide bonds. The van der Waals surface area contributed by atoms with Gasteiger partial charge in [0.25, 0.3) is 5.69 Å². The lowest BCUT2D eigenvalue weighted by atomic mass is 10.2. The van der Waals surface area contributed by atoms with Crippen LogP contribution in [-0.2, 0) is 11.4 Å². The Morgan fingerprint density at radius 3 is 2.65 bits per heavy atom. The Balaban J connectivity index is 2.79. The molecule has 1 aromatic carbocycles. The molecule has 1 N–H and O–H groups in total. The van der Waals surface area contributed by atoms with E-state index in [4.69, 9.17) is 16.4 Å². The summed E-state index contributed by atoms with van der Waals surface area (Å²) in [5.74, 6) is 0. The highest BCUT2D eigenvalue weighted by atomic mass is 35.5. The van der Waals surface area contributed by atoms with Gasteiger partial charge in [-0.25, -0.2) is 0 Å². The molecule has 6 heteroatoms. The summed E-state index contributed by atoms with van der Waals surface area (Å²) < 4.78 is 0. The molecular weight excluding hydrogens is 244 g/mol. The van der Waals surface area contributed by atoms with Crippen molar-refractivity contribution in [2.24, 2.45) is 0 Å². The van der Waals surface area contributed by atoms with Gasteiger partial charge in [0.1, 0.15) is 0 Å². The van der Waals surface area contributed by atoms with Crippen LogP contribution in [0.4, 0.5) is 5.69 Å². The third-order valence-electron chi connectivity index (χ3n) is 1.92. The second-order valence-electron chi connectivity index (χ2n) is 4.53. The van der Waals surface area contributed by atoms with Crippen molar-refractivity contribution in [1.29, 1.82) is 0 Å². The Hall–Kier alpha value is -1.17. The zero-order chi connectivity index (χ0) is 13.1. The smallest absolute Gasteiger partial charge is 0.275 e. The molecule has 1 rings (SSSR count). The number of nitrogens with zero attached hydrogens (tertiary/aromatic N) is 1. The highest BCUT2D eigenvalue weighted by molar-refractivity contribution is 6.31. The number of halogens is 1. The minimum Gasteiger partial charge on any atom is -0.296 e. The number of hydrogen-bond acceptors (Lipinski definition) is 4. The molecule has 0 aliphatic carbocycles. The van der Waals surface area contributed by atoms with Crippen molar-refractivity contribution < 1.29 is 9.76 Å². The molecule has 0 saturated carbocycles. The second kappa shape index (κ2) is 5.44. The number of nitrogens with one attached hydrogen (secondary N) is 1. The predicted molar refractivity (Wildman–Crippen MR) is 65.8 cm³/mol. The fourth-order valence-corrected chi connectivity index (χ4v) is 1.45. The van der Waals surface area contributed by atoms with Crippen molar-refractivity contribution >= 4 is 17.3 Å². The molecule has 0 aliphatic rings. The van der Waals surface area contributed by atoms with Gasteiger partial charge >= 0.3 is 0 Å². The third-order valence-corrected chi connectivity index (χ3v) is 2.27. The van der Waals surface area contributed by atoms with Gasteiger partial charge in [0.05, 0.1) is 27.7 Å². The minimum absolute atomic E-state index is 0.0116. The second-order valence-corrected chi connectivity index (χ2v) is 4.94. The number of hydroxylamine groups is 1. The minimum atomic E-state index is -0.458. The fraction of sp³-hybridized carbons (Fsp3) is 0.455. The predicted octanol–water partition coefficient (Wildman–Crippen LogP) is 3.07. The molecule has 0 atom stereocenters. The lowest BCUT2D eigenvalue weighted by Crippen LogP contribution is -2.29. The van der Waals surface area contributed by atoms with Crippen molar-refractivity contribution in [3.63, 3.8) is 0 Å². The normalized spacial score (nSPS) is 11.5. The van der Waals surface area contributed by atoms with E-state index in [9.17, 15) is 10.1 Å². The molecule has 1 aromatic rings. The molecular formula is C11H15ClN2O3. The Morgan fingerprint density at radius 1 is 1.47 bits per heavy atom. The Bertz CT molecular complexity index is 416. The molecule has 0 bridgehead atoms. The van der Waals surface area contributed by atoms with Crippen molar-refractivity contribution in [2.75, 3.05) is 0 Å². The molecule has 0 aromatic heterocycles. The molecule has 0 aliphatic heterocycles. The van der Waals surface area contributed by atoms with Gasteiger partial charge < -0.3 is 0 Å². The van der Waals surface area contributed by atoms with Gasteiger partial charge in [0.2, 0.25) is 0 Å². The van der Waals surface area contributed by atoms with Gasteiger partial charge in [-0.1, -0.05) is 17.7 Å². The van der Waals surface area contributed by atoms with Crippen molar-refractivity contribution in [3.8, 4) is 0 Å². The monoisotopic (exact) mass is 258 g/mol. The van der Waals surface area contributed by atoms with Gasteiger partial charge in [0, 0.05) is 6.07 Å². The van der Waals surface area contributed by atoms with Crippen LogP contribution in [0.2, 0.25) is 5.02 Å². The summed E-state index contributed by atoms with van der Waals surface area (Å²) in [5.41, 5.74) is 2.73. The Labute approximate surface area is 105 Å². The Kier molecular flexibility index (Phi) is 4.45. The zero-order valence-corrected chi connectivity index (χ0v) is 10.7. The summed E-state index contributed by atoms with van der Waals surface area (Å²) in [5, 5.41) is 11.2. The van der Waals surface area contributed by atoms with Crippen LogP contribution in [0.25, 0.3) is 0 Å². The van der Waals surface area contributed by atoms with Crippen LogP contribution < -0.4 is 5.48 Å². The van der Waals surface area contributed by atoms with Gasteiger partial charge in [-0.15, -0.1) is 0 Å². The summed E-state index contributed by atoms with van der Waals surface area (Å²) >= 11 is 5.92. The molecule has 0 unspecified atom stereocenters. The average Bonchev–Trinajstić information content (AvgIpc) is 2.18. The van der Waals surface area contributed by atoms with Crippen LogP contribution in [0, 0.1) is 10.1 Å². The highest BCUT2D eigenvalue weighted by Crippen LogP contribution is 2.26. The van der Waals surface area contributed by atoms with E-state index in [-0.39, 0.29) is 17.8 Å². The first kappa shape index (κ1) is 13.9. The summed E-state index contributed by atoms with van der Waals surface area (Å²) in [4.78, 5) is 15.6. The van der Waals surface area contributed by atoms with E-state index in [0.29, 0.717) is 10.6 Å². The van der Waals surface area contributed by atoms with Crippen LogP contribution in [0.5, 0.6) is 0 Å². The molecule has 0 saturated heterocycles. The van der Waals surface area contributed by atoms with E-state index in [1.54, 1.807) is 12.1 Å². The van der Waals surface area contributed by atoms with Crippen LogP contribution in [-0.4, -0.2) is 10.5 Å². The lowest BCUT2D eigenvalue weighted by molar-refractivity contribution is -0.385. The molecule has 94 valence electrons.